The van der Waals surface area contributed by atoms with Crippen molar-refractivity contribution in [2.75, 3.05) is 12.3 Å². The molecule has 1 heterocycles. The van der Waals surface area contributed by atoms with Crippen LogP contribution in [0.3, 0.4) is 0 Å². The van der Waals surface area contributed by atoms with E-state index in [0.29, 0.717) is 29.9 Å². The highest BCUT2D eigenvalue weighted by molar-refractivity contribution is 7.91. The van der Waals surface area contributed by atoms with E-state index < -0.39 is 9.84 Å². The second-order valence-corrected chi connectivity index (χ2v) is 9.04. The van der Waals surface area contributed by atoms with Gasteiger partial charge in [-0.15, -0.1) is 0 Å². The summed E-state index contributed by atoms with van der Waals surface area (Å²) < 4.78 is 30.9. The lowest BCUT2D eigenvalue weighted by molar-refractivity contribution is -0.120. The molecule has 0 bridgehead atoms. The molecule has 0 aliphatic heterocycles. The monoisotopic (exact) mass is 412 g/mol. The van der Waals surface area contributed by atoms with Gasteiger partial charge in [-0.05, 0) is 37.5 Å². The van der Waals surface area contributed by atoms with Crippen molar-refractivity contribution >= 4 is 15.7 Å². The molecule has 1 aromatic heterocycles. The third-order valence-electron chi connectivity index (χ3n) is 4.61. The average Bonchev–Trinajstić information content (AvgIpc) is 3.14. The normalized spacial score (nSPS) is 11.4. The van der Waals surface area contributed by atoms with Gasteiger partial charge in [0.15, 0.2) is 15.6 Å². The van der Waals surface area contributed by atoms with Gasteiger partial charge in [0.1, 0.15) is 0 Å². The Labute approximate surface area is 170 Å². The van der Waals surface area contributed by atoms with Crippen LogP contribution < -0.4 is 5.32 Å². The van der Waals surface area contributed by atoms with Crippen molar-refractivity contribution in [3.63, 3.8) is 0 Å². The van der Waals surface area contributed by atoms with E-state index in [4.69, 9.17) is 4.52 Å². The summed E-state index contributed by atoms with van der Waals surface area (Å²) in [5.74, 6) is -0.00838. The van der Waals surface area contributed by atoms with Crippen LogP contribution in [-0.2, 0) is 21.1 Å². The van der Waals surface area contributed by atoms with Crippen molar-refractivity contribution in [1.29, 1.82) is 0 Å². The highest BCUT2D eigenvalue weighted by Crippen LogP contribution is 2.26. The maximum Gasteiger partial charge on any atom is 0.221 e. The van der Waals surface area contributed by atoms with E-state index in [-0.39, 0.29) is 23.0 Å². The summed E-state index contributed by atoms with van der Waals surface area (Å²) in [5.41, 5.74) is 3.12. The fourth-order valence-corrected chi connectivity index (χ4v) is 4.54. The molecular formula is C22H24N2O4S. The molecule has 3 aromatic rings. The number of hydrogen-bond acceptors (Lipinski definition) is 5. The molecule has 0 radical (unpaired) electrons. The van der Waals surface area contributed by atoms with Crippen LogP contribution in [0.1, 0.15) is 23.2 Å². The number of nitrogens with one attached hydrogen (secondary N) is 1. The number of amides is 1. The SMILES string of the molecule is Cc1cc(-c2ccc(C)c(S(=O)(=O)CCC(=O)NCCc3ccccc3)c2)on1. The first-order valence-electron chi connectivity index (χ1n) is 9.43. The molecule has 152 valence electrons. The van der Waals surface area contributed by atoms with E-state index in [9.17, 15) is 13.2 Å². The molecule has 7 heteroatoms. The van der Waals surface area contributed by atoms with Gasteiger partial charge in [0, 0.05) is 24.6 Å². The lowest BCUT2D eigenvalue weighted by Crippen LogP contribution is -2.27. The number of carbonyl (C=O) groups excluding carboxylic acids is 1. The van der Waals surface area contributed by atoms with Gasteiger partial charge in [-0.25, -0.2) is 8.42 Å². The zero-order chi connectivity index (χ0) is 20.9. The predicted octanol–water partition coefficient (Wildman–Crippen LogP) is 3.48. The second kappa shape index (κ2) is 9.05. The summed E-state index contributed by atoms with van der Waals surface area (Å²) in [4.78, 5) is 12.3. The fraction of sp³-hybridized carbons (Fsp3) is 0.273. The molecule has 0 atom stereocenters. The first kappa shape index (κ1) is 20.8. The number of aryl methyl sites for hydroxylation is 2. The molecule has 0 saturated heterocycles. The number of carbonyl (C=O) groups is 1. The van der Waals surface area contributed by atoms with E-state index >= 15 is 0 Å². The van der Waals surface area contributed by atoms with E-state index in [1.54, 1.807) is 38.1 Å². The first-order chi connectivity index (χ1) is 13.8. The maximum atomic E-state index is 12.8. The quantitative estimate of drug-likeness (QED) is 0.612. The van der Waals surface area contributed by atoms with Crippen LogP contribution in [0.25, 0.3) is 11.3 Å². The van der Waals surface area contributed by atoms with Gasteiger partial charge >= 0.3 is 0 Å². The van der Waals surface area contributed by atoms with Crippen LogP contribution in [0.4, 0.5) is 0 Å². The number of rotatable bonds is 8. The Balaban J connectivity index is 1.61. The van der Waals surface area contributed by atoms with Crippen molar-refractivity contribution in [1.82, 2.24) is 10.5 Å². The number of benzene rings is 2. The highest BCUT2D eigenvalue weighted by atomic mass is 32.2. The summed E-state index contributed by atoms with van der Waals surface area (Å²) >= 11 is 0. The number of nitrogens with zero attached hydrogens (tertiary/aromatic N) is 1. The van der Waals surface area contributed by atoms with Gasteiger partial charge in [0.05, 0.1) is 16.3 Å². The van der Waals surface area contributed by atoms with Crippen molar-refractivity contribution in [2.45, 2.75) is 31.6 Å². The largest absolute Gasteiger partial charge is 0.356 e. The summed E-state index contributed by atoms with van der Waals surface area (Å²) in [6.07, 6.45) is 0.624. The van der Waals surface area contributed by atoms with Gasteiger partial charge in [-0.2, -0.15) is 0 Å². The average molecular weight is 413 g/mol. The summed E-state index contributed by atoms with van der Waals surface area (Å²) in [7, 11) is -3.61. The number of hydrogen-bond donors (Lipinski definition) is 1. The van der Waals surface area contributed by atoms with Gasteiger partial charge in [0.25, 0.3) is 0 Å². The van der Waals surface area contributed by atoms with Crippen LogP contribution in [-0.4, -0.2) is 31.8 Å². The van der Waals surface area contributed by atoms with Crippen LogP contribution in [0.15, 0.2) is 64.0 Å². The molecule has 0 saturated carbocycles. The van der Waals surface area contributed by atoms with Gasteiger partial charge in [0.2, 0.25) is 5.91 Å². The highest BCUT2D eigenvalue weighted by Gasteiger charge is 2.20. The smallest absolute Gasteiger partial charge is 0.221 e. The van der Waals surface area contributed by atoms with Crippen LogP contribution in [0.2, 0.25) is 0 Å². The Bertz CT molecular complexity index is 1090. The Morgan fingerprint density at radius 1 is 1.07 bits per heavy atom. The fourth-order valence-electron chi connectivity index (χ4n) is 3.00. The minimum absolute atomic E-state index is 0.0811. The van der Waals surface area contributed by atoms with Crippen LogP contribution >= 0.6 is 0 Å². The van der Waals surface area contributed by atoms with Crippen molar-refractivity contribution in [3.8, 4) is 11.3 Å². The number of aromatic nitrogens is 1. The van der Waals surface area contributed by atoms with E-state index in [1.165, 1.54) is 0 Å². The number of sulfone groups is 1. The standard InChI is InChI=1S/C22H24N2O4S/c1-16-8-9-19(20-14-17(2)24-28-20)15-21(16)29(26,27)13-11-22(25)23-12-10-18-6-4-3-5-7-18/h3-9,14-15H,10-13H2,1-2H3,(H,23,25). The zero-order valence-electron chi connectivity index (χ0n) is 16.5. The van der Waals surface area contributed by atoms with Gasteiger partial charge < -0.3 is 9.84 Å². The van der Waals surface area contributed by atoms with Gasteiger partial charge in [-0.3, -0.25) is 4.79 Å². The Morgan fingerprint density at radius 3 is 2.52 bits per heavy atom. The van der Waals surface area contributed by atoms with Crippen molar-refractivity contribution in [3.05, 3.63) is 71.4 Å². The maximum absolute atomic E-state index is 12.8. The predicted molar refractivity (Wildman–Crippen MR) is 111 cm³/mol. The first-order valence-corrected chi connectivity index (χ1v) is 11.1. The third-order valence-corrected chi connectivity index (χ3v) is 6.46. The molecular weight excluding hydrogens is 388 g/mol. The minimum Gasteiger partial charge on any atom is -0.356 e. The molecule has 0 spiro atoms. The Kier molecular flexibility index (Phi) is 6.49. The second-order valence-electron chi connectivity index (χ2n) is 6.97. The zero-order valence-corrected chi connectivity index (χ0v) is 17.3. The van der Waals surface area contributed by atoms with Crippen molar-refractivity contribution < 1.29 is 17.7 Å². The lowest BCUT2D eigenvalue weighted by atomic mass is 10.1. The minimum atomic E-state index is -3.61. The molecule has 0 unspecified atom stereocenters. The van der Waals surface area contributed by atoms with Gasteiger partial charge in [-0.1, -0.05) is 47.6 Å². The Morgan fingerprint density at radius 2 is 1.83 bits per heavy atom. The molecule has 29 heavy (non-hydrogen) atoms. The Hall–Kier alpha value is -2.93. The summed E-state index contributed by atoms with van der Waals surface area (Å²) in [6, 6.07) is 16.7. The van der Waals surface area contributed by atoms with Crippen LogP contribution in [0.5, 0.6) is 0 Å². The molecule has 2 aromatic carbocycles. The molecule has 0 aliphatic rings. The topological polar surface area (TPSA) is 89.3 Å². The lowest BCUT2D eigenvalue weighted by Gasteiger charge is -2.10. The molecule has 1 N–H and O–H groups in total. The molecule has 1 amide bonds. The molecule has 3 rings (SSSR count). The molecule has 0 aliphatic carbocycles. The van der Waals surface area contributed by atoms with Crippen molar-refractivity contribution in [2.24, 2.45) is 0 Å². The third kappa shape index (κ3) is 5.54. The van der Waals surface area contributed by atoms with E-state index in [0.717, 1.165) is 11.3 Å². The van der Waals surface area contributed by atoms with E-state index in [2.05, 4.69) is 10.5 Å². The summed E-state index contributed by atoms with van der Waals surface area (Å²) in [6.45, 7) is 4.01. The summed E-state index contributed by atoms with van der Waals surface area (Å²) in [5, 5.41) is 6.62. The molecule has 6 nitrogen and oxygen atoms in total. The molecule has 0 fully saturated rings. The van der Waals surface area contributed by atoms with Crippen LogP contribution in [0, 0.1) is 13.8 Å². The van der Waals surface area contributed by atoms with E-state index in [1.807, 2.05) is 30.3 Å².